The Hall–Kier alpha value is -2.55. The molecular formula is C11H12ClN5O4. The molecule has 1 aromatic carbocycles. The molecule has 2 rings (SSSR count). The number of ether oxygens (including phenoxy) is 1. The van der Waals surface area contributed by atoms with Crippen LogP contribution < -0.4 is 15.8 Å². The minimum Gasteiger partial charge on any atom is -0.468 e. The van der Waals surface area contributed by atoms with Crippen molar-refractivity contribution >= 4 is 28.8 Å². The van der Waals surface area contributed by atoms with Gasteiger partial charge in [0.15, 0.2) is 0 Å². The van der Waals surface area contributed by atoms with Crippen LogP contribution in [0.4, 0.5) is 17.2 Å². The predicted octanol–water partition coefficient (Wildman–Crippen LogP) is 2.09. The molecule has 0 radical (unpaired) electrons. The SMILES string of the molecule is CC(CNc1cc(Cl)ccc1[N+](=O)[O-])Oc1nonc1N. The summed E-state index contributed by atoms with van der Waals surface area (Å²) in [5, 5.41) is 21.1. The first kappa shape index (κ1) is 14.9. The number of nitrogens with two attached hydrogens (primary N) is 1. The van der Waals surface area contributed by atoms with Crippen LogP contribution in [-0.2, 0) is 0 Å². The molecule has 9 nitrogen and oxygen atoms in total. The zero-order chi connectivity index (χ0) is 15.4. The minimum absolute atomic E-state index is 0.0376. The van der Waals surface area contributed by atoms with E-state index < -0.39 is 4.92 Å². The second-order valence-corrected chi connectivity index (χ2v) is 4.62. The zero-order valence-electron chi connectivity index (χ0n) is 10.9. The lowest BCUT2D eigenvalue weighted by Crippen LogP contribution is -2.23. The molecule has 112 valence electrons. The number of nitrogens with one attached hydrogen (secondary N) is 1. The van der Waals surface area contributed by atoms with Crippen LogP contribution in [0.1, 0.15) is 6.92 Å². The third-order valence-corrected chi connectivity index (χ3v) is 2.77. The average Bonchev–Trinajstić information content (AvgIpc) is 2.81. The molecule has 1 atom stereocenters. The monoisotopic (exact) mass is 313 g/mol. The van der Waals surface area contributed by atoms with Crippen molar-refractivity contribution in [2.24, 2.45) is 0 Å². The molecule has 0 aliphatic rings. The lowest BCUT2D eigenvalue weighted by atomic mass is 10.2. The first-order valence-corrected chi connectivity index (χ1v) is 6.27. The fourth-order valence-corrected chi connectivity index (χ4v) is 1.74. The van der Waals surface area contributed by atoms with Crippen LogP contribution in [0.2, 0.25) is 5.02 Å². The molecule has 0 aliphatic carbocycles. The highest BCUT2D eigenvalue weighted by atomic mass is 35.5. The van der Waals surface area contributed by atoms with Gasteiger partial charge in [0, 0.05) is 11.1 Å². The molecule has 3 N–H and O–H groups in total. The first-order valence-electron chi connectivity index (χ1n) is 5.90. The number of nitro groups is 1. The maximum Gasteiger partial charge on any atom is 0.300 e. The van der Waals surface area contributed by atoms with E-state index in [2.05, 4.69) is 20.3 Å². The Bertz CT molecular complexity index is 647. The Kier molecular flexibility index (Phi) is 4.43. The number of nitro benzene ring substituents is 1. The largest absolute Gasteiger partial charge is 0.468 e. The molecule has 0 fully saturated rings. The lowest BCUT2D eigenvalue weighted by molar-refractivity contribution is -0.384. The number of halogens is 1. The van der Waals surface area contributed by atoms with Crippen molar-refractivity contribution in [3.05, 3.63) is 33.3 Å². The minimum atomic E-state index is -0.496. The fraction of sp³-hybridized carbons (Fsp3) is 0.273. The molecule has 0 saturated carbocycles. The van der Waals surface area contributed by atoms with Crippen molar-refractivity contribution in [1.82, 2.24) is 10.3 Å². The fourth-order valence-electron chi connectivity index (χ4n) is 1.56. The second-order valence-electron chi connectivity index (χ2n) is 4.18. The van der Waals surface area contributed by atoms with E-state index >= 15 is 0 Å². The number of hydrogen-bond donors (Lipinski definition) is 2. The van der Waals surface area contributed by atoms with Crippen molar-refractivity contribution in [3.8, 4) is 5.88 Å². The summed E-state index contributed by atoms with van der Waals surface area (Å²) in [4.78, 5) is 10.4. The average molecular weight is 314 g/mol. The molecule has 1 unspecified atom stereocenters. The molecule has 0 spiro atoms. The number of nitrogens with zero attached hydrogens (tertiary/aromatic N) is 3. The maximum absolute atomic E-state index is 10.9. The van der Waals surface area contributed by atoms with E-state index in [1.165, 1.54) is 18.2 Å². The number of anilines is 2. The molecule has 0 bridgehead atoms. The summed E-state index contributed by atoms with van der Waals surface area (Å²) in [6.07, 6.45) is -0.377. The molecule has 10 heteroatoms. The summed E-state index contributed by atoms with van der Waals surface area (Å²) in [6, 6.07) is 4.25. The van der Waals surface area contributed by atoms with E-state index in [0.717, 1.165) is 0 Å². The third-order valence-electron chi connectivity index (χ3n) is 2.53. The van der Waals surface area contributed by atoms with E-state index in [4.69, 9.17) is 22.1 Å². The Morgan fingerprint density at radius 1 is 1.57 bits per heavy atom. The summed E-state index contributed by atoms with van der Waals surface area (Å²) in [6.45, 7) is 2.00. The molecule has 2 aromatic rings. The zero-order valence-corrected chi connectivity index (χ0v) is 11.7. The van der Waals surface area contributed by atoms with Gasteiger partial charge in [-0.15, -0.1) is 0 Å². The van der Waals surface area contributed by atoms with Crippen molar-refractivity contribution in [3.63, 3.8) is 0 Å². The van der Waals surface area contributed by atoms with Gasteiger partial charge in [-0.2, -0.15) is 0 Å². The summed E-state index contributed by atoms with van der Waals surface area (Å²) in [7, 11) is 0. The van der Waals surface area contributed by atoms with Gasteiger partial charge in [0.05, 0.1) is 11.5 Å². The van der Waals surface area contributed by atoms with E-state index in [1.54, 1.807) is 6.92 Å². The van der Waals surface area contributed by atoms with Gasteiger partial charge in [-0.1, -0.05) is 11.6 Å². The van der Waals surface area contributed by atoms with E-state index in [9.17, 15) is 10.1 Å². The third kappa shape index (κ3) is 3.72. The Labute approximate surface area is 124 Å². The van der Waals surface area contributed by atoms with Crippen LogP contribution in [0.25, 0.3) is 0 Å². The van der Waals surface area contributed by atoms with Crippen molar-refractivity contribution < 1.29 is 14.3 Å². The van der Waals surface area contributed by atoms with Gasteiger partial charge < -0.3 is 15.8 Å². The lowest BCUT2D eigenvalue weighted by Gasteiger charge is -2.14. The van der Waals surface area contributed by atoms with Crippen LogP contribution in [0, 0.1) is 10.1 Å². The summed E-state index contributed by atoms with van der Waals surface area (Å²) in [5.41, 5.74) is 5.69. The van der Waals surface area contributed by atoms with Gasteiger partial charge in [0.1, 0.15) is 11.8 Å². The smallest absolute Gasteiger partial charge is 0.300 e. The maximum atomic E-state index is 10.9. The molecule has 0 amide bonds. The van der Waals surface area contributed by atoms with Crippen molar-refractivity contribution in [2.45, 2.75) is 13.0 Å². The van der Waals surface area contributed by atoms with Crippen LogP contribution >= 0.6 is 11.6 Å². The van der Waals surface area contributed by atoms with Crippen LogP contribution in [0.3, 0.4) is 0 Å². The van der Waals surface area contributed by atoms with Gasteiger partial charge in [0.25, 0.3) is 5.69 Å². The summed E-state index contributed by atoms with van der Waals surface area (Å²) >= 11 is 5.83. The highest BCUT2D eigenvalue weighted by Crippen LogP contribution is 2.27. The van der Waals surface area contributed by atoms with E-state index in [-0.39, 0.29) is 30.0 Å². The van der Waals surface area contributed by atoms with Crippen LogP contribution in [0.5, 0.6) is 5.88 Å². The van der Waals surface area contributed by atoms with Gasteiger partial charge in [-0.3, -0.25) is 10.1 Å². The number of aromatic nitrogens is 2. The highest BCUT2D eigenvalue weighted by molar-refractivity contribution is 6.31. The Morgan fingerprint density at radius 2 is 2.33 bits per heavy atom. The number of hydrogen-bond acceptors (Lipinski definition) is 8. The Morgan fingerprint density at radius 3 is 2.95 bits per heavy atom. The van der Waals surface area contributed by atoms with Gasteiger partial charge in [0.2, 0.25) is 5.82 Å². The number of rotatable bonds is 6. The second kappa shape index (κ2) is 6.27. The van der Waals surface area contributed by atoms with E-state index in [0.29, 0.717) is 10.7 Å². The number of nitrogen functional groups attached to an aromatic ring is 1. The van der Waals surface area contributed by atoms with Crippen molar-refractivity contribution in [2.75, 3.05) is 17.6 Å². The summed E-state index contributed by atoms with van der Waals surface area (Å²) in [5.74, 6) is 0.112. The molecule has 0 aliphatic heterocycles. The topological polar surface area (TPSA) is 129 Å². The normalized spacial score (nSPS) is 11.9. The Balaban J connectivity index is 2.01. The first-order chi connectivity index (χ1) is 9.97. The molecule has 1 heterocycles. The quantitative estimate of drug-likeness (QED) is 0.612. The standard InChI is InChI=1S/C11H12ClN5O4/c1-6(20-11-10(13)15-21-16-11)5-14-8-4-7(12)2-3-9(8)17(18)19/h2-4,6,14H,5H2,1H3,(H2,13,15). The van der Waals surface area contributed by atoms with Crippen molar-refractivity contribution in [1.29, 1.82) is 0 Å². The number of benzene rings is 1. The predicted molar refractivity (Wildman–Crippen MR) is 75.4 cm³/mol. The molecule has 1 aromatic heterocycles. The van der Waals surface area contributed by atoms with E-state index in [1.807, 2.05) is 0 Å². The van der Waals surface area contributed by atoms with Crippen LogP contribution in [-0.4, -0.2) is 27.9 Å². The molecular weight excluding hydrogens is 302 g/mol. The summed E-state index contributed by atoms with van der Waals surface area (Å²) < 4.78 is 9.78. The van der Waals surface area contributed by atoms with Gasteiger partial charge >= 0.3 is 5.88 Å². The molecule has 0 saturated heterocycles. The van der Waals surface area contributed by atoms with Crippen LogP contribution in [0.15, 0.2) is 22.8 Å². The van der Waals surface area contributed by atoms with Gasteiger partial charge in [-0.05, 0) is 29.4 Å². The van der Waals surface area contributed by atoms with Gasteiger partial charge in [-0.25, -0.2) is 4.63 Å². The highest BCUT2D eigenvalue weighted by Gasteiger charge is 2.16. The molecule has 21 heavy (non-hydrogen) atoms.